The molecule has 1 aliphatic heterocycles. The molecule has 1 aromatic carbocycles. The average Bonchev–Trinajstić information content (AvgIpc) is 2.51. The second-order valence-corrected chi connectivity index (χ2v) is 6.38. The SMILES string of the molecule is Cc1cccc(CC(CNC(=O)C2CCOC(C)C2)C(=O)O)c1. The summed E-state index contributed by atoms with van der Waals surface area (Å²) in [5, 5.41) is 12.2. The van der Waals surface area contributed by atoms with E-state index in [1.54, 1.807) is 0 Å². The molecule has 5 nitrogen and oxygen atoms in total. The fourth-order valence-corrected chi connectivity index (χ4v) is 2.97. The van der Waals surface area contributed by atoms with Crippen LogP contribution in [-0.4, -0.2) is 36.2 Å². The van der Waals surface area contributed by atoms with Crippen molar-refractivity contribution in [3.05, 3.63) is 35.4 Å². The zero-order valence-corrected chi connectivity index (χ0v) is 13.7. The van der Waals surface area contributed by atoms with Crippen molar-refractivity contribution in [3.63, 3.8) is 0 Å². The van der Waals surface area contributed by atoms with Crippen molar-refractivity contribution >= 4 is 11.9 Å². The maximum Gasteiger partial charge on any atom is 0.308 e. The van der Waals surface area contributed by atoms with Crippen LogP contribution in [0.3, 0.4) is 0 Å². The monoisotopic (exact) mass is 319 g/mol. The van der Waals surface area contributed by atoms with Crippen LogP contribution >= 0.6 is 0 Å². The minimum atomic E-state index is -0.882. The van der Waals surface area contributed by atoms with Gasteiger partial charge in [-0.25, -0.2) is 0 Å². The van der Waals surface area contributed by atoms with Crippen molar-refractivity contribution in [2.75, 3.05) is 13.2 Å². The molecule has 1 aromatic rings. The summed E-state index contributed by atoms with van der Waals surface area (Å²) < 4.78 is 5.44. The van der Waals surface area contributed by atoms with Gasteiger partial charge in [0.15, 0.2) is 0 Å². The number of ether oxygens (including phenoxy) is 1. The van der Waals surface area contributed by atoms with Crippen LogP contribution in [0.25, 0.3) is 0 Å². The highest BCUT2D eigenvalue weighted by molar-refractivity contribution is 5.79. The van der Waals surface area contributed by atoms with Gasteiger partial charge in [0.1, 0.15) is 0 Å². The number of aliphatic carboxylic acids is 1. The molecule has 1 amide bonds. The van der Waals surface area contributed by atoms with Gasteiger partial charge < -0.3 is 15.2 Å². The molecule has 1 fully saturated rings. The van der Waals surface area contributed by atoms with E-state index >= 15 is 0 Å². The number of carbonyl (C=O) groups excluding carboxylic acids is 1. The van der Waals surface area contributed by atoms with Gasteiger partial charge in [0.25, 0.3) is 0 Å². The smallest absolute Gasteiger partial charge is 0.308 e. The lowest BCUT2D eigenvalue weighted by Crippen LogP contribution is -2.40. The predicted molar refractivity (Wildman–Crippen MR) is 87.2 cm³/mol. The van der Waals surface area contributed by atoms with Crippen LogP contribution in [0.2, 0.25) is 0 Å². The van der Waals surface area contributed by atoms with E-state index < -0.39 is 11.9 Å². The number of hydrogen-bond acceptors (Lipinski definition) is 3. The number of carbonyl (C=O) groups is 2. The van der Waals surface area contributed by atoms with Gasteiger partial charge in [-0.3, -0.25) is 9.59 Å². The molecule has 0 radical (unpaired) electrons. The highest BCUT2D eigenvalue weighted by Crippen LogP contribution is 2.20. The van der Waals surface area contributed by atoms with Gasteiger partial charge in [0, 0.05) is 19.1 Å². The molecule has 0 bridgehead atoms. The lowest BCUT2D eigenvalue weighted by Gasteiger charge is -2.26. The average molecular weight is 319 g/mol. The van der Waals surface area contributed by atoms with Crippen LogP contribution in [0.15, 0.2) is 24.3 Å². The van der Waals surface area contributed by atoms with Gasteiger partial charge in [-0.15, -0.1) is 0 Å². The summed E-state index contributed by atoms with van der Waals surface area (Å²) in [5.41, 5.74) is 2.08. The molecule has 1 saturated heterocycles. The van der Waals surface area contributed by atoms with E-state index in [1.807, 2.05) is 38.1 Å². The number of aryl methyl sites for hydroxylation is 1. The zero-order valence-electron chi connectivity index (χ0n) is 13.7. The fraction of sp³-hybridized carbons (Fsp3) is 0.556. The zero-order chi connectivity index (χ0) is 16.8. The number of amides is 1. The lowest BCUT2D eigenvalue weighted by atomic mass is 9.94. The Hall–Kier alpha value is -1.88. The van der Waals surface area contributed by atoms with Gasteiger partial charge in [0.2, 0.25) is 5.91 Å². The Morgan fingerprint density at radius 1 is 1.43 bits per heavy atom. The van der Waals surface area contributed by atoms with Crippen molar-refractivity contribution < 1.29 is 19.4 Å². The predicted octanol–water partition coefficient (Wildman–Crippen LogP) is 2.17. The minimum absolute atomic E-state index is 0.0596. The first-order chi connectivity index (χ1) is 11.0. The van der Waals surface area contributed by atoms with Gasteiger partial charge >= 0.3 is 5.97 Å². The lowest BCUT2D eigenvalue weighted by molar-refractivity contribution is -0.141. The quantitative estimate of drug-likeness (QED) is 0.842. The Labute approximate surface area is 137 Å². The molecule has 2 rings (SSSR count). The van der Waals surface area contributed by atoms with Crippen LogP contribution < -0.4 is 5.32 Å². The number of hydrogen-bond donors (Lipinski definition) is 2. The fourth-order valence-electron chi connectivity index (χ4n) is 2.97. The first-order valence-corrected chi connectivity index (χ1v) is 8.13. The number of carboxylic acids is 1. The van der Waals surface area contributed by atoms with Crippen molar-refractivity contribution in [1.29, 1.82) is 0 Å². The largest absolute Gasteiger partial charge is 0.481 e. The van der Waals surface area contributed by atoms with Gasteiger partial charge in [-0.05, 0) is 38.7 Å². The van der Waals surface area contributed by atoms with Crippen LogP contribution in [0.5, 0.6) is 0 Å². The van der Waals surface area contributed by atoms with E-state index in [4.69, 9.17) is 4.74 Å². The highest BCUT2D eigenvalue weighted by atomic mass is 16.5. The van der Waals surface area contributed by atoms with Crippen LogP contribution in [0.1, 0.15) is 30.9 Å². The van der Waals surface area contributed by atoms with E-state index in [2.05, 4.69) is 5.32 Å². The molecular formula is C18H25NO4. The van der Waals surface area contributed by atoms with Crippen molar-refractivity contribution in [3.8, 4) is 0 Å². The summed E-state index contributed by atoms with van der Waals surface area (Å²) >= 11 is 0. The minimum Gasteiger partial charge on any atom is -0.481 e. The third kappa shape index (κ3) is 5.36. The molecule has 1 heterocycles. The molecule has 5 heteroatoms. The third-order valence-corrected chi connectivity index (χ3v) is 4.29. The van der Waals surface area contributed by atoms with Crippen LogP contribution in [0, 0.1) is 18.8 Å². The van der Waals surface area contributed by atoms with E-state index in [-0.39, 0.29) is 24.5 Å². The summed E-state index contributed by atoms with van der Waals surface area (Å²) in [6.45, 7) is 4.68. The molecule has 0 saturated carbocycles. The molecule has 126 valence electrons. The second kappa shape index (κ2) is 8.11. The summed E-state index contributed by atoms with van der Waals surface area (Å²) in [5.74, 6) is -1.63. The number of rotatable bonds is 6. The Morgan fingerprint density at radius 3 is 2.87 bits per heavy atom. The van der Waals surface area contributed by atoms with Gasteiger partial charge in [-0.2, -0.15) is 0 Å². The molecule has 0 aliphatic carbocycles. The van der Waals surface area contributed by atoms with E-state index in [9.17, 15) is 14.7 Å². The van der Waals surface area contributed by atoms with Crippen molar-refractivity contribution in [2.24, 2.45) is 11.8 Å². The first kappa shape index (κ1) is 17.5. The Bertz CT molecular complexity index is 558. The number of carboxylic acid groups (broad SMARTS) is 1. The molecular weight excluding hydrogens is 294 g/mol. The van der Waals surface area contributed by atoms with Crippen LogP contribution in [0.4, 0.5) is 0 Å². The number of benzene rings is 1. The topological polar surface area (TPSA) is 75.6 Å². The Morgan fingerprint density at radius 2 is 2.22 bits per heavy atom. The molecule has 1 aliphatic rings. The summed E-state index contributed by atoms with van der Waals surface area (Å²) in [7, 11) is 0. The summed E-state index contributed by atoms with van der Waals surface area (Å²) in [4.78, 5) is 23.7. The Balaban J connectivity index is 1.89. The maximum atomic E-state index is 12.2. The maximum absolute atomic E-state index is 12.2. The van der Waals surface area contributed by atoms with Crippen molar-refractivity contribution in [2.45, 2.75) is 39.2 Å². The van der Waals surface area contributed by atoms with Gasteiger partial charge in [-0.1, -0.05) is 29.8 Å². The van der Waals surface area contributed by atoms with Crippen molar-refractivity contribution in [1.82, 2.24) is 5.32 Å². The molecule has 0 aromatic heterocycles. The molecule has 3 atom stereocenters. The molecule has 23 heavy (non-hydrogen) atoms. The van der Waals surface area contributed by atoms with Gasteiger partial charge in [0.05, 0.1) is 12.0 Å². The van der Waals surface area contributed by atoms with Crippen LogP contribution in [-0.2, 0) is 20.7 Å². The molecule has 0 spiro atoms. The number of nitrogens with one attached hydrogen (secondary N) is 1. The second-order valence-electron chi connectivity index (χ2n) is 6.38. The molecule has 2 N–H and O–H groups in total. The highest BCUT2D eigenvalue weighted by Gasteiger charge is 2.27. The van der Waals surface area contributed by atoms with E-state index in [0.717, 1.165) is 11.1 Å². The Kier molecular flexibility index (Phi) is 6.16. The summed E-state index contributed by atoms with van der Waals surface area (Å²) in [6.07, 6.45) is 1.90. The van der Waals surface area contributed by atoms with E-state index in [0.29, 0.717) is 25.9 Å². The first-order valence-electron chi connectivity index (χ1n) is 8.13. The standard InChI is InChI=1S/C18H25NO4/c1-12-4-3-5-14(8-12)10-16(18(21)22)11-19-17(20)15-6-7-23-13(2)9-15/h3-5,8,13,15-16H,6-7,9-11H2,1-2H3,(H,19,20)(H,21,22). The van der Waals surface area contributed by atoms with E-state index in [1.165, 1.54) is 0 Å². The molecule has 3 unspecified atom stereocenters. The normalized spacial score (nSPS) is 22.3. The third-order valence-electron chi connectivity index (χ3n) is 4.29. The summed E-state index contributed by atoms with van der Waals surface area (Å²) in [6, 6.07) is 7.81.